The van der Waals surface area contributed by atoms with Crippen LogP contribution in [0.2, 0.25) is 0 Å². The Balaban J connectivity index is 3.12. The highest BCUT2D eigenvalue weighted by Crippen LogP contribution is 2.21. The van der Waals surface area contributed by atoms with Crippen molar-refractivity contribution in [3.63, 3.8) is 0 Å². The van der Waals surface area contributed by atoms with Gasteiger partial charge in [-0.15, -0.1) is 0 Å². The number of halogens is 1. The van der Waals surface area contributed by atoms with Crippen LogP contribution in [0, 0.1) is 15.9 Å². The van der Waals surface area contributed by atoms with Crippen LogP contribution in [-0.4, -0.2) is 16.6 Å². The van der Waals surface area contributed by atoms with E-state index in [2.05, 4.69) is 0 Å². The summed E-state index contributed by atoms with van der Waals surface area (Å²) < 4.78 is 12.8. The minimum Gasteiger partial charge on any atom is -0.394 e. The number of aliphatic hydroxyl groups excluding tert-OH is 1. The number of benzene rings is 1. The fourth-order valence-electron chi connectivity index (χ4n) is 1.01. The Hall–Kier alpha value is -1.53. The molecule has 1 aromatic rings. The van der Waals surface area contributed by atoms with Crippen molar-refractivity contribution in [2.45, 2.75) is 6.04 Å². The van der Waals surface area contributed by atoms with Crippen LogP contribution in [0.25, 0.3) is 0 Å². The molecule has 0 heterocycles. The van der Waals surface area contributed by atoms with E-state index in [1.165, 1.54) is 6.07 Å². The average molecular weight is 200 g/mol. The highest BCUT2D eigenvalue weighted by molar-refractivity contribution is 5.37. The third-order valence-electron chi connectivity index (χ3n) is 1.79. The van der Waals surface area contributed by atoms with E-state index >= 15 is 0 Å². The first-order valence-corrected chi connectivity index (χ1v) is 3.86. The normalized spacial score (nSPS) is 12.5. The van der Waals surface area contributed by atoms with E-state index in [0.717, 1.165) is 12.1 Å². The summed E-state index contributed by atoms with van der Waals surface area (Å²) in [6.07, 6.45) is 0. The molecule has 0 fully saturated rings. The Kier molecular flexibility index (Phi) is 3.10. The molecule has 0 unspecified atom stereocenters. The molecule has 0 saturated carbocycles. The maximum Gasteiger partial charge on any atom is 0.305 e. The van der Waals surface area contributed by atoms with Gasteiger partial charge in [-0.1, -0.05) is 6.07 Å². The second-order valence-electron chi connectivity index (χ2n) is 2.76. The first kappa shape index (κ1) is 10.6. The Labute approximate surface area is 79.1 Å². The number of rotatable bonds is 3. The summed E-state index contributed by atoms with van der Waals surface area (Å²) in [5.41, 5.74) is 5.12. The quantitative estimate of drug-likeness (QED) is 0.555. The van der Waals surface area contributed by atoms with E-state index in [4.69, 9.17) is 10.8 Å². The first-order valence-electron chi connectivity index (χ1n) is 3.86. The van der Waals surface area contributed by atoms with E-state index in [-0.39, 0.29) is 6.61 Å². The van der Waals surface area contributed by atoms with Crippen molar-refractivity contribution in [2.75, 3.05) is 6.61 Å². The van der Waals surface area contributed by atoms with Gasteiger partial charge in [-0.3, -0.25) is 10.1 Å². The van der Waals surface area contributed by atoms with E-state index in [9.17, 15) is 14.5 Å². The van der Waals surface area contributed by atoms with Crippen molar-refractivity contribution < 1.29 is 14.4 Å². The van der Waals surface area contributed by atoms with Gasteiger partial charge in [0.15, 0.2) is 0 Å². The second-order valence-corrected chi connectivity index (χ2v) is 2.76. The van der Waals surface area contributed by atoms with Gasteiger partial charge in [-0.05, 0) is 11.6 Å². The molecule has 1 rings (SSSR count). The van der Waals surface area contributed by atoms with Crippen LogP contribution in [0.5, 0.6) is 0 Å². The predicted octanol–water partition coefficient (Wildman–Crippen LogP) is 0.726. The Morgan fingerprint density at radius 3 is 2.79 bits per heavy atom. The molecule has 1 aromatic carbocycles. The summed E-state index contributed by atoms with van der Waals surface area (Å²) in [6, 6.07) is 2.57. The van der Waals surface area contributed by atoms with Crippen LogP contribution >= 0.6 is 0 Å². The second kappa shape index (κ2) is 4.12. The topological polar surface area (TPSA) is 89.4 Å². The molecule has 0 aliphatic rings. The highest BCUT2D eigenvalue weighted by Gasteiger charge is 2.16. The first-order chi connectivity index (χ1) is 6.56. The molecule has 0 radical (unpaired) electrons. The number of hydrogen-bond acceptors (Lipinski definition) is 4. The van der Waals surface area contributed by atoms with Crippen LogP contribution in [0.4, 0.5) is 10.1 Å². The van der Waals surface area contributed by atoms with Gasteiger partial charge in [-0.25, -0.2) is 0 Å². The highest BCUT2D eigenvalue weighted by atomic mass is 19.1. The molecule has 76 valence electrons. The molecule has 0 aliphatic carbocycles. The van der Waals surface area contributed by atoms with Gasteiger partial charge in [0.25, 0.3) is 0 Å². The molecule has 5 nitrogen and oxygen atoms in total. The van der Waals surface area contributed by atoms with Gasteiger partial charge < -0.3 is 10.8 Å². The maximum absolute atomic E-state index is 12.8. The number of nitrogens with zero attached hydrogens (tertiary/aromatic N) is 1. The van der Waals surface area contributed by atoms with Crippen molar-refractivity contribution in [3.05, 3.63) is 39.7 Å². The van der Waals surface area contributed by atoms with E-state index in [1.54, 1.807) is 0 Å². The number of hydrogen-bond donors (Lipinski definition) is 2. The van der Waals surface area contributed by atoms with E-state index in [1.807, 2.05) is 0 Å². The van der Waals surface area contributed by atoms with E-state index < -0.39 is 22.5 Å². The summed E-state index contributed by atoms with van der Waals surface area (Å²) >= 11 is 0. The Bertz CT molecular complexity index is 356. The third-order valence-corrected chi connectivity index (χ3v) is 1.79. The van der Waals surface area contributed by atoms with Crippen molar-refractivity contribution in [3.8, 4) is 0 Å². The summed E-state index contributed by atoms with van der Waals surface area (Å²) in [5, 5.41) is 19.0. The Morgan fingerprint density at radius 1 is 1.64 bits per heavy atom. The predicted molar refractivity (Wildman–Crippen MR) is 47.1 cm³/mol. The fourth-order valence-corrected chi connectivity index (χ4v) is 1.01. The Morgan fingerprint density at radius 2 is 2.29 bits per heavy atom. The number of aliphatic hydroxyl groups is 1. The van der Waals surface area contributed by atoms with Crippen LogP contribution < -0.4 is 5.73 Å². The molecule has 6 heteroatoms. The lowest BCUT2D eigenvalue weighted by molar-refractivity contribution is -0.387. The van der Waals surface area contributed by atoms with Crippen LogP contribution in [0.1, 0.15) is 11.6 Å². The monoisotopic (exact) mass is 200 g/mol. The smallest absolute Gasteiger partial charge is 0.305 e. The van der Waals surface area contributed by atoms with Gasteiger partial charge in [0.2, 0.25) is 5.82 Å². The SMILES string of the molecule is N[C@H](CO)c1ccc(F)c([N+](=O)[O-])c1. The lowest BCUT2D eigenvalue weighted by Gasteiger charge is -2.07. The largest absolute Gasteiger partial charge is 0.394 e. The van der Waals surface area contributed by atoms with Gasteiger partial charge in [-0.2, -0.15) is 4.39 Å². The molecule has 14 heavy (non-hydrogen) atoms. The van der Waals surface area contributed by atoms with E-state index in [0.29, 0.717) is 5.56 Å². The molecule has 3 N–H and O–H groups in total. The molecule has 0 spiro atoms. The van der Waals surface area contributed by atoms with Crippen molar-refractivity contribution in [2.24, 2.45) is 5.73 Å². The third kappa shape index (κ3) is 2.04. The number of nitrogens with two attached hydrogens (primary N) is 1. The zero-order valence-corrected chi connectivity index (χ0v) is 7.18. The van der Waals surface area contributed by atoms with Gasteiger partial charge in [0, 0.05) is 6.07 Å². The lowest BCUT2D eigenvalue weighted by Crippen LogP contribution is -2.14. The summed E-state index contributed by atoms with van der Waals surface area (Å²) in [7, 11) is 0. The maximum atomic E-state index is 12.8. The molecule has 0 amide bonds. The molecule has 0 saturated heterocycles. The van der Waals surface area contributed by atoms with Crippen molar-refractivity contribution in [1.82, 2.24) is 0 Å². The molecule has 1 atom stereocenters. The molecular formula is C8H9FN2O3. The van der Waals surface area contributed by atoms with Crippen LogP contribution in [-0.2, 0) is 0 Å². The molecule has 0 bridgehead atoms. The number of nitro benzene ring substituents is 1. The van der Waals surface area contributed by atoms with Crippen molar-refractivity contribution >= 4 is 5.69 Å². The minimum atomic E-state index is -0.913. The average Bonchev–Trinajstić information content (AvgIpc) is 2.17. The lowest BCUT2D eigenvalue weighted by atomic mass is 10.1. The molecular weight excluding hydrogens is 191 g/mol. The van der Waals surface area contributed by atoms with Crippen LogP contribution in [0.15, 0.2) is 18.2 Å². The summed E-state index contributed by atoms with van der Waals surface area (Å²) in [4.78, 5) is 9.52. The van der Waals surface area contributed by atoms with Gasteiger partial charge in [0.1, 0.15) is 0 Å². The van der Waals surface area contributed by atoms with Crippen molar-refractivity contribution in [1.29, 1.82) is 0 Å². The zero-order valence-electron chi connectivity index (χ0n) is 7.18. The van der Waals surface area contributed by atoms with Gasteiger partial charge >= 0.3 is 5.69 Å². The molecule has 0 aliphatic heterocycles. The number of nitro groups is 1. The zero-order chi connectivity index (χ0) is 10.7. The molecule has 0 aromatic heterocycles. The van der Waals surface area contributed by atoms with Crippen LogP contribution in [0.3, 0.4) is 0 Å². The minimum absolute atomic E-state index is 0.334. The fraction of sp³-hybridized carbons (Fsp3) is 0.250. The summed E-state index contributed by atoms with van der Waals surface area (Å²) in [5.74, 6) is -0.913. The van der Waals surface area contributed by atoms with Gasteiger partial charge in [0.05, 0.1) is 17.6 Å². The summed E-state index contributed by atoms with van der Waals surface area (Å²) in [6.45, 7) is -0.344. The standard InChI is InChI=1S/C8H9FN2O3/c9-6-2-1-5(7(10)4-12)3-8(6)11(13)14/h1-3,7,12H,4,10H2/t7-/m1/s1.